The van der Waals surface area contributed by atoms with Crippen molar-refractivity contribution in [2.24, 2.45) is 0 Å². The number of benzene rings is 17. The quantitative estimate of drug-likeness (QED) is 0.152. The Morgan fingerprint density at radius 3 is 0.924 bits per heavy atom. The van der Waals surface area contributed by atoms with Gasteiger partial charge in [0.05, 0.1) is 55.2 Å². The Kier molecular flexibility index (Phi) is 13.4. The van der Waals surface area contributed by atoms with Crippen molar-refractivity contribution in [2.75, 3.05) is 0 Å². The minimum Gasteiger partial charge on any atom is -0.309 e. The summed E-state index contributed by atoms with van der Waals surface area (Å²) in [7, 11) is 0. The molecule has 22 aromatic rings. The van der Waals surface area contributed by atoms with Crippen molar-refractivity contribution < 1.29 is 0 Å². The van der Waals surface area contributed by atoms with Crippen molar-refractivity contribution in [3.8, 4) is 112 Å². The van der Waals surface area contributed by atoms with Gasteiger partial charge in [-0.15, -0.1) is 0 Å². The van der Waals surface area contributed by atoms with E-state index >= 15 is 0 Å². The van der Waals surface area contributed by atoms with Crippen LogP contribution in [0.2, 0.25) is 0 Å². The van der Waals surface area contributed by atoms with Gasteiger partial charge >= 0.3 is 0 Å². The molecule has 6 heteroatoms. The number of para-hydroxylation sites is 4. The van der Waals surface area contributed by atoms with Crippen LogP contribution in [0.1, 0.15) is 72.2 Å². The first-order chi connectivity index (χ1) is 58.5. The summed E-state index contributed by atoms with van der Waals surface area (Å²) in [4.78, 5) is 11.4. The normalized spacial score (nSPS) is 14.1. The zero-order valence-corrected chi connectivity index (χ0v) is 66.0. The van der Waals surface area contributed by atoms with Crippen LogP contribution in [-0.2, 0) is 16.2 Å². The van der Waals surface area contributed by atoms with Gasteiger partial charge < -0.3 is 13.7 Å². The number of nitrogens with zero attached hydrogens (tertiary/aromatic N) is 6. The van der Waals surface area contributed by atoms with Crippen molar-refractivity contribution in [3.05, 3.63) is 421 Å². The standard InChI is InChI=1S/C113H74N6/c1-111(2)92-34-16-8-26-76(92)80-51-47-73(63-96(80)111)116-101-38-20-12-30-84(101)88-58-68(43-54-105(88)116)69-45-56-107-90(59-69)86-32-14-22-40-103(86)118(107)75-49-53-83-82-50-42-72(62-98(82)113(99(83)65-75)94-36-18-10-28-78(94)79-29-11-19-37-95(79)113)110-114-100(67-24-6-5-7-25-67)66-109(115-110)119-104-41-23-15-33-87(104)91-61-71(46-57-108(91)119)70-44-55-106-89(60-70)85-31-13-21-39-102(85)117(106)74-48-52-81-77-27-9-17-35-93(77)112(3,4)97(81)64-74/h5-66H,1-4H3. The summed E-state index contributed by atoms with van der Waals surface area (Å²) in [6.07, 6.45) is 0. The summed E-state index contributed by atoms with van der Waals surface area (Å²) in [5, 5.41) is 9.66. The zero-order valence-electron chi connectivity index (χ0n) is 66.0. The fraction of sp³-hybridized carbons (Fsp3) is 0.0619. The van der Waals surface area contributed by atoms with Crippen LogP contribution in [-0.4, -0.2) is 28.2 Å². The molecule has 0 saturated carbocycles. The van der Waals surface area contributed by atoms with Gasteiger partial charge in [0.15, 0.2) is 5.82 Å². The topological polar surface area (TPSA) is 45.5 Å². The van der Waals surface area contributed by atoms with Crippen LogP contribution in [0.3, 0.4) is 0 Å². The highest BCUT2D eigenvalue weighted by molar-refractivity contribution is 6.16. The number of hydrogen-bond acceptors (Lipinski definition) is 2. The molecule has 0 bridgehead atoms. The minimum absolute atomic E-state index is 0.110. The summed E-state index contributed by atoms with van der Waals surface area (Å²) in [5.41, 5.74) is 40.0. The van der Waals surface area contributed by atoms with Crippen LogP contribution >= 0.6 is 0 Å². The average molecular weight is 1520 g/mol. The summed E-state index contributed by atoms with van der Waals surface area (Å²) in [5.74, 6) is 1.45. The molecular weight excluding hydrogens is 1440 g/mol. The molecule has 5 heterocycles. The number of aromatic nitrogens is 6. The van der Waals surface area contributed by atoms with Gasteiger partial charge in [-0.3, -0.25) is 4.57 Å². The maximum Gasteiger partial charge on any atom is 0.162 e. The van der Waals surface area contributed by atoms with Crippen molar-refractivity contribution in [1.82, 2.24) is 28.2 Å². The van der Waals surface area contributed by atoms with E-state index in [1.54, 1.807) is 0 Å². The Balaban J connectivity index is 0.594. The van der Waals surface area contributed by atoms with Crippen LogP contribution in [0.4, 0.5) is 0 Å². The smallest absolute Gasteiger partial charge is 0.162 e. The Morgan fingerprint density at radius 1 is 0.193 bits per heavy atom. The molecule has 5 aromatic heterocycles. The lowest BCUT2D eigenvalue weighted by atomic mass is 9.70. The molecule has 1 spiro atoms. The highest BCUT2D eigenvalue weighted by atomic mass is 15.1. The number of hydrogen-bond donors (Lipinski definition) is 0. The van der Waals surface area contributed by atoms with Crippen LogP contribution in [0.15, 0.2) is 376 Å². The SMILES string of the molecule is CC1(C)c2ccccc2-c2ccc(-n3c4ccccc4c4cc(-c5ccc6c(c5)c5ccccc5n6-c5ccc6c(c5)C5(c7ccccc7-c7ccccc75)c5cc(-c7nc(-c8ccccc8)cc(-n8c9ccccc9c9cc(-c%10ccc%11c(c%10)c%10ccccc%10n%11-c%10ccc%11c(c%10)C(C)(C)c%10ccccc%10-%11)ccc98)n7)ccc5-6)ccc43)cc21. The Bertz CT molecular complexity index is 8210. The van der Waals surface area contributed by atoms with Gasteiger partial charge in [-0.2, -0.15) is 0 Å². The third-order valence-corrected chi connectivity index (χ3v) is 27.6. The van der Waals surface area contributed by atoms with Gasteiger partial charge in [-0.25, -0.2) is 9.97 Å². The lowest BCUT2D eigenvalue weighted by Crippen LogP contribution is -2.26. The van der Waals surface area contributed by atoms with Gasteiger partial charge in [0.2, 0.25) is 0 Å². The zero-order chi connectivity index (χ0) is 78.5. The molecule has 0 N–H and O–H groups in total. The second kappa shape index (κ2) is 24.1. The molecule has 0 saturated heterocycles. The number of fused-ring (bicyclic) bond motifs is 28. The van der Waals surface area contributed by atoms with Gasteiger partial charge in [0, 0.05) is 88.2 Å². The van der Waals surface area contributed by atoms with Crippen molar-refractivity contribution in [2.45, 2.75) is 43.9 Å². The van der Waals surface area contributed by atoms with Crippen molar-refractivity contribution >= 4 is 87.2 Å². The van der Waals surface area contributed by atoms with E-state index in [0.717, 1.165) is 72.3 Å². The third kappa shape index (κ3) is 9.04. The molecule has 0 radical (unpaired) electrons. The van der Waals surface area contributed by atoms with E-state index in [9.17, 15) is 0 Å². The average Bonchev–Trinajstić information content (AvgIpc) is 1.50. The van der Waals surface area contributed by atoms with E-state index in [4.69, 9.17) is 9.97 Å². The highest BCUT2D eigenvalue weighted by Crippen LogP contribution is 2.64. The maximum absolute atomic E-state index is 5.79. The van der Waals surface area contributed by atoms with Crippen LogP contribution in [0.5, 0.6) is 0 Å². The van der Waals surface area contributed by atoms with E-state index in [2.05, 4.69) is 422 Å². The molecule has 26 rings (SSSR count). The molecular formula is C113H74N6. The minimum atomic E-state index is -0.695. The van der Waals surface area contributed by atoms with Gasteiger partial charge in [-0.05, 0) is 227 Å². The maximum atomic E-state index is 5.79. The summed E-state index contributed by atoms with van der Waals surface area (Å²) >= 11 is 0. The largest absolute Gasteiger partial charge is 0.309 e. The van der Waals surface area contributed by atoms with Crippen LogP contribution < -0.4 is 0 Å². The van der Waals surface area contributed by atoms with E-state index in [1.165, 1.54) is 166 Å². The fourth-order valence-electron chi connectivity index (χ4n) is 22.2. The lowest BCUT2D eigenvalue weighted by molar-refractivity contribution is 0.660. The first-order valence-electron chi connectivity index (χ1n) is 41.6. The molecule has 0 aliphatic heterocycles. The second-order valence-electron chi connectivity index (χ2n) is 34.3. The Morgan fingerprint density at radius 2 is 0.496 bits per heavy atom. The van der Waals surface area contributed by atoms with Crippen LogP contribution in [0, 0.1) is 0 Å². The highest BCUT2D eigenvalue weighted by Gasteiger charge is 2.52. The number of rotatable bonds is 8. The van der Waals surface area contributed by atoms with Gasteiger partial charge in [0.1, 0.15) is 5.82 Å². The molecule has 0 fully saturated rings. The molecule has 4 aliphatic rings. The van der Waals surface area contributed by atoms with E-state index < -0.39 is 5.41 Å². The molecule has 556 valence electrons. The predicted molar refractivity (Wildman–Crippen MR) is 493 cm³/mol. The van der Waals surface area contributed by atoms with E-state index in [-0.39, 0.29) is 10.8 Å². The molecule has 0 atom stereocenters. The Labute approximate surface area is 687 Å². The van der Waals surface area contributed by atoms with Gasteiger partial charge in [0.25, 0.3) is 0 Å². The molecule has 0 amide bonds. The van der Waals surface area contributed by atoms with Gasteiger partial charge in [-0.1, -0.05) is 282 Å². The first kappa shape index (κ1) is 66.3. The van der Waals surface area contributed by atoms with Crippen molar-refractivity contribution in [3.63, 3.8) is 0 Å². The fourth-order valence-corrected chi connectivity index (χ4v) is 22.2. The van der Waals surface area contributed by atoms with Crippen molar-refractivity contribution in [1.29, 1.82) is 0 Å². The molecule has 17 aromatic carbocycles. The summed E-state index contributed by atoms with van der Waals surface area (Å²) in [6.45, 7) is 9.47. The van der Waals surface area contributed by atoms with Crippen LogP contribution in [0.25, 0.3) is 200 Å². The lowest BCUT2D eigenvalue weighted by Gasteiger charge is -2.31. The molecule has 0 unspecified atom stereocenters. The molecule has 4 aliphatic carbocycles. The second-order valence-corrected chi connectivity index (χ2v) is 34.3. The Hall–Kier alpha value is -15.0. The van der Waals surface area contributed by atoms with E-state index in [1.807, 2.05) is 0 Å². The monoisotopic (exact) mass is 1510 g/mol. The summed E-state index contributed by atoms with van der Waals surface area (Å²) in [6, 6.07) is 141. The molecule has 119 heavy (non-hydrogen) atoms. The predicted octanol–water partition coefficient (Wildman–Crippen LogP) is 28.5. The van der Waals surface area contributed by atoms with E-state index in [0.29, 0.717) is 5.82 Å². The summed E-state index contributed by atoms with van der Waals surface area (Å²) < 4.78 is 9.80. The third-order valence-electron chi connectivity index (χ3n) is 27.6. The first-order valence-corrected chi connectivity index (χ1v) is 41.6. The molecule has 6 nitrogen and oxygen atoms in total.